The van der Waals surface area contributed by atoms with Crippen molar-refractivity contribution >= 4 is 23.7 Å². The number of hydrazone groups is 1. The molecule has 2 amide bonds. The molecular weight excluding hydrogens is 368 g/mol. The third kappa shape index (κ3) is 7.29. The number of hydrogen-bond acceptors (Lipinski definition) is 5. The molecule has 0 atom stereocenters. The molecule has 0 aliphatic heterocycles. The van der Waals surface area contributed by atoms with Crippen molar-refractivity contribution in [3.63, 3.8) is 0 Å². The fraction of sp³-hybridized carbons (Fsp3) is 0.318. The van der Waals surface area contributed by atoms with Gasteiger partial charge >= 0.3 is 0 Å². The Hall–Kier alpha value is -3.35. The van der Waals surface area contributed by atoms with Gasteiger partial charge < -0.3 is 15.0 Å². The molecular formula is C22H28N4O3. The van der Waals surface area contributed by atoms with Gasteiger partial charge in [-0.2, -0.15) is 5.10 Å². The van der Waals surface area contributed by atoms with Crippen LogP contribution < -0.4 is 20.4 Å². The fourth-order valence-corrected chi connectivity index (χ4v) is 2.75. The molecule has 0 aromatic heterocycles. The predicted octanol–water partition coefficient (Wildman–Crippen LogP) is 2.35. The number of carbonyl (C=O) groups excluding carboxylic acids is 2. The average Bonchev–Trinajstić information content (AvgIpc) is 2.75. The van der Waals surface area contributed by atoms with Crippen molar-refractivity contribution in [2.24, 2.45) is 5.10 Å². The van der Waals surface area contributed by atoms with Gasteiger partial charge in [-0.15, -0.1) is 0 Å². The van der Waals surface area contributed by atoms with Crippen molar-refractivity contribution in [1.29, 1.82) is 0 Å². The number of rotatable bonds is 10. The monoisotopic (exact) mass is 396 g/mol. The molecule has 7 heteroatoms. The predicted molar refractivity (Wildman–Crippen MR) is 115 cm³/mol. The van der Waals surface area contributed by atoms with Gasteiger partial charge in [-0.25, -0.2) is 5.43 Å². The van der Waals surface area contributed by atoms with E-state index in [4.69, 9.17) is 4.74 Å². The van der Waals surface area contributed by atoms with Gasteiger partial charge in [-0.05, 0) is 49.2 Å². The van der Waals surface area contributed by atoms with Crippen LogP contribution in [0.4, 0.5) is 5.69 Å². The van der Waals surface area contributed by atoms with E-state index in [-0.39, 0.29) is 24.8 Å². The van der Waals surface area contributed by atoms with E-state index < -0.39 is 0 Å². The van der Waals surface area contributed by atoms with Crippen LogP contribution in [-0.4, -0.2) is 44.8 Å². The Bertz CT molecular complexity index is 813. The van der Waals surface area contributed by atoms with E-state index in [0.717, 1.165) is 35.7 Å². The zero-order valence-corrected chi connectivity index (χ0v) is 17.1. The summed E-state index contributed by atoms with van der Waals surface area (Å²) in [5, 5.41) is 6.51. The summed E-state index contributed by atoms with van der Waals surface area (Å²) in [6, 6.07) is 15.1. The van der Waals surface area contributed by atoms with Crippen LogP contribution in [-0.2, 0) is 16.0 Å². The summed E-state index contributed by atoms with van der Waals surface area (Å²) < 4.78 is 5.08. The molecule has 2 aromatic carbocycles. The summed E-state index contributed by atoms with van der Waals surface area (Å²) in [5.74, 6) is 0.111. The van der Waals surface area contributed by atoms with Crippen molar-refractivity contribution in [2.75, 3.05) is 31.6 Å². The Morgan fingerprint density at radius 2 is 1.66 bits per heavy atom. The summed E-state index contributed by atoms with van der Waals surface area (Å²) in [4.78, 5) is 26.0. The molecule has 2 N–H and O–H groups in total. The van der Waals surface area contributed by atoms with Gasteiger partial charge in [-0.1, -0.05) is 24.3 Å². The molecule has 0 radical (unpaired) electrons. The number of carbonyl (C=O) groups is 2. The standard InChI is InChI=1S/C22H28N4O3/c1-4-26(5-2)19-10-6-18(7-11-19)15-24-25-22(28)16-23-21(27)14-17-8-12-20(29-3)13-9-17/h6-13,15H,4-5,14,16H2,1-3H3,(H,23,27)(H,25,28)/b24-15-. The van der Waals surface area contributed by atoms with Crippen LogP contribution in [0.25, 0.3) is 0 Å². The number of anilines is 1. The first-order valence-corrected chi connectivity index (χ1v) is 9.62. The number of nitrogens with one attached hydrogen (secondary N) is 2. The van der Waals surface area contributed by atoms with Crippen LogP contribution in [0.3, 0.4) is 0 Å². The highest BCUT2D eigenvalue weighted by atomic mass is 16.5. The summed E-state index contributed by atoms with van der Waals surface area (Å²) in [6.45, 7) is 6.00. The van der Waals surface area contributed by atoms with Gasteiger partial charge in [0.25, 0.3) is 5.91 Å². The molecule has 0 saturated heterocycles. The number of hydrogen-bond donors (Lipinski definition) is 2. The van der Waals surface area contributed by atoms with Gasteiger partial charge in [0, 0.05) is 18.8 Å². The lowest BCUT2D eigenvalue weighted by molar-refractivity contribution is -0.125. The van der Waals surface area contributed by atoms with E-state index in [1.54, 1.807) is 25.5 Å². The zero-order valence-electron chi connectivity index (χ0n) is 17.1. The Balaban J connectivity index is 1.73. The molecule has 0 fully saturated rings. The summed E-state index contributed by atoms with van der Waals surface area (Å²) >= 11 is 0. The van der Waals surface area contributed by atoms with Crippen LogP contribution in [0, 0.1) is 0 Å². The van der Waals surface area contributed by atoms with Crippen LogP contribution in [0.1, 0.15) is 25.0 Å². The third-order valence-corrected chi connectivity index (χ3v) is 4.39. The second-order valence-corrected chi connectivity index (χ2v) is 6.36. The lowest BCUT2D eigenvalue weighted by Crippen LogP contribution is -2.35. The van der Waals surface area contributed by atoms with Gasteiger partial charge in [0.2, 0.25) is 5.91 Å². The number of ether oxygens (including phenoxy) is 1. The molecule has 0 heterocycles. The molecule has 0 unspecified atom stereocenters. The maximum atomic E-state index is 11.9. The van der Waals surface area contributed by atoms with Crippen molar-refractivity contribution in [3.8, 4) is 5.75 Å². The topological polar surface area (TPSA) is 83.0 Å². The van der Waals surface area contributed by atoms with Gasteiger partial charge in [0.05, 0.1) is 26.3 Å². The Morgan fingerprint density at radius 1 is 1.00 bits per heavy atom. The van der Waals surface area contributed by atoms with Crippen molar-refractivity contribution in [2.45, 2.75) is 20.3 Å². The molecule has 0 aliphatic rings. The van der Waals surface area contributed by atoms with E-state index >= 15 is 0 Å². The minimum atomic E-state index is -0.385. The minimum Gasteiger partial charge on any atom is -0.497 e. The Morgan fingerprint density at radius 3 is 2.24 bits per heavy atom. The smallest absolute Gasteiger partial charge is 0.259 e. The molecule has 29 heavy (non-hydrogen) atoms. The largest absolute Gasteiger partial charge is 0.497 e. The van der Waals surface area contributed by atoms with Crippen LogP contribution in [0.2, 0.25) is 0 Å². The normalized spacial score (nSPS) is 10.6. The first kappa shape index (κ1) is 21.9. The molecule has 7 nitrogen and oxygen atoms in total. The molecule has 2 aromatic rings. The van der Waals surface area contributed by atoms with Crippen molar-refractivity contribution < 1.29 is 14.3 Å². The van der Waals surface area contributed by atoms with Gasteiger partial charge in [-0.3, -0.25) is 9.59 Å². The first-order chi connectivity index (χ1) is 14.0. The fourth-order valence-electron chi connectivity index (χ4n) is 2.75. The highest BCUT2D eigenvalue weighted by Gasteiger charge is 2.06. The van der Waals surface area contributed by atoms with Gasteiger partial charge in [0.1, 0.15) is 5.75 Å². The van der Waals surface area contributed by atoms with E-state index in [9.17, 15) is 9.59 Å². The third-order valence-electron chi connectivity index (χ3n) is 4.39. The molecule has 0 saturated carbocycles. The van der Waals surface area contributed by atoms with E-state index in [0.29, 0.717) is 0 Å². The van der Waals surface area contributed by atoms with Gasteiger partial charge in [0.15, 0.2) is 0 Å². The zero-order chi connectivity index (χ0) is 21.1. The van der Waals surface area contributed by atoms with Crippen LogP contribution >= 0.6 is 0 Å². The van der Waals surface area contributed by atoms with Crippen molar-refractivity contribution in [3.05, 3.63) is 59.7 Å². The number of methoxy groups -OCH3 is 1. The minimum absolute atomic E-state index is 0.132. The SMILES string of the molecule is CCN(CC)c1ccc(/C=N\NC(=O)CNC(=O)Cc2ccc(OC)cc2)cc1. The first-order valence-electron chi connectivity index (χ1n) is 9.62. The molecule has 154 valence electrons. The molecule has 0 spiro atoms. The van der Waals surface area contributed by atoms with Crippen LogP contribution in [0.5, 0.6) is 5.75 Å². The Labute approximate surface area is 171 Å². The lowest BCUT2D eigenvalue weighted by Gasteiger charge is -2.20. The maximum Gasteiger partial charge on any atom is 0.259 e. The van der Waals surface area contributed by atoms with E-state index in [1.807, 2.05) is 36.4 Å². The lowest BCUT2D eigenvalue weighted by atomic mass is 10.1. The van der Waals surface area contributed by atoms with E-state index in [1.165, 1.54) is 0 Å². The molecule has 0 bridgehead atoms. The highest BCUT2D eigenvalue weighted by molar-refractivity contribution is 5.87. The maximum absolute atomic E-state index is 11.9. The molecule has 0 aliphatic carbocycles. The van der Waals surface area contributed by atoms with E-state index in [2.05, 4.69) is 34.6 Å². The van der Waals surface area contributed by atoms with Crippen LogP contribution in [0.15, 0.2) is 53.6 Å². The number of benzene rings is 2. The summed E-state index contributed by atoms with van der Waals surface area (Å²) in [5.41, 5.74) is 5.28. The quantitative estimate of drug-likeness (QED) is 0.477. The summed E-state index contributed by atoms with van der Waals surface area (Å²) in [6.07, 6.45) is 1.77. The number of amides is 2. The average molecular weight is 396 g/mol. The molecule has 2 rings (SSSR count). The highest BCUT2D eigenvalue weighted by Crippen LogP contribution is 2.14. The number of nitrogens with zero attached hydrogens (tertiary/aromatic N) is 2. The van der Waals surface area contributed by atoms with Crippen molar-refractivity contribution in [1.82, 2.24) is 10.7 Å². The second kappa shape index (κ2) is 11.5. The summed E-state index contributed by atoms with van der Waals surface area (Å²) in [7, 11) is 1.59. The second-order valence-electron chi connectivity index (χ2n) is 6.36. The Kier molecular flexibility index (Phi) is 8.69.